The molecule has 0 amide bonds. The normalized spacial score (nSPS) is 11.2. The van der Waals surface area contributed by atoms with Gasteiger partial charge in [0.15, 0.2) is 0 Å². The van der Waals surface area contributed by atoms with Crippen molar-refractivity contribution in [1.29, 1.82) is 0 Å². The highest BCUT2D eigenvalue weighted by atomic mass is 35.5. The average molecular weight is 321 g/mol. The van der Waals surface area contributed by atoms with Crippen LogP contribution in [0.4, 0.5) is 0 Å². The molecule has 4 heteroatoms. The van der Waals surface area contributed by atoms with Gasteiger partial charge in [-0.05, 0) is 23.8 Å². The van der Waals surface area contributed by atoms with Crippen molar-refractivity contribution >= 4 is 39.3 Å². The fourth-order valence-electron chi connectivity index (χ4n) is 2.97. The molecule has 0 N–H and O–H groups in total. The van der Waals surface area contributed by atoms with Gasteiger partial charge in [-0.2, -0.15) is 0 Å². The number of fused-ring (bicyclic) bond motifs is 3. The van der Waals surface area contributed by atoms with Crippen LogP contribution in [0.1, 0.15) is 11.7 Å². The van der Waals surface area contributed by atoms with E-state index >= 15 is 0 Å². The van der Waals surface area contributed by atoms with Crippen molar-refractivity contribution in [3.63, 3.8) is 0 Å². The van der Waals surface area contributed by atoms with Gasteiger partial charge in [0.25, 0.3) is 0 Å². The molecule has 0 aliphatic carbocycles. The first-order valence-corrected chi connectivity index (χ1v) is 7.68. The lowest BCUT2D eigenvalue weighted by molar-refractivity contribution is 0.0942. The second kappa shape index (κ2) is 5.21. The Kier molecular flexibility index (Phi) is 3.17. The molecule has 0 aliphatic heterocycles. The van der Waals surface area contributed by atoms with E-state index in [4.69, 9.17) is 11.6 Å². The van der Waals surface area contributed by atoms with Crippen molar-refractivity contribution in [1.82, 2.24) is 9.55 Å². The molecule has 0 bridgehead atoms. The molecule has 4 aromatic rings. The van der Waals surface area contributed by atoms with E-state index in [1.54, 1.807) is 11.5 Å². The molecule has 3 nitrogen and oxygen atoms in total. The van der Waals surface area contributed by atoms with Gasteiger partial charge in [-0.25, -0.2) is 0 Å². The topological polar surface area (TPSA) is 34.9 Å². The molecule has 0 fully saturated rings. The highest BCUT2D eigenvalue weighted by Gasteiger charge is 2.16. The minimum atomic E-state index is -0.0281. The summed E-state index contributed by atoms with van der Waals surface area (Å²) in [5.41, 5.74) is 3.72. The number of nitrogens with zero attached hydrogens (tertiary/aromatic N) is 2. The number of rotatable bonds is 1. The van der Waals surface area contributed by atoms with Crippen LogP contribution in [0.5, 0.6) is 0 Å². The van der Waals surface area contributed by atoms with Crippen molar-refractivity contribution < 1.29 is 4.79 Å². The highest BCUT2D eigenvalue weighted by Crippen LogP contribution is 2.34. The van der Waals surface area contributed by atoms with Gasteiger partial charge in [0.1, 0.15) is 0 Å². The van der Waals surface area contributed by atoms with Gasteiger partial charge in [0.05, 0.1) is 11.0 Å². The van der Waals surface area contributed by atoms with E-state index in [0.717, 1.165) is 32.9 Å². The summed E-state index contributed by atoms with van der Waals surface area (Å²) in [6.45, 7) is 1.57. The fraction of sp³-hybridized carbons (Fsp3) is 0.0526. The van der Waals surface area contributed by atoms with Gasteiger partial charge in [-0.3, -0.25) is 14.3 Å². The van der Waals surface area contributed by atoms with Crippen molar-refractivity contribution in [2.24, 2.45) is 0 Å². The summed E-state index contributed by atoms with van der Waals surface area (Å²) in [7, 11) is 0. The van der Waals surface area contributed by atoms with Crippen LogP contribution < -0.4 is 0 Å². The molecule has 0 spiro atoms. The lowest BCUT2D eigenvalue weighted by atomic mass is 10.0. The van der Waals surface area contributed by atoms with E-state index in [9.17, 15) is 4.79 Å². The summed E-state index contributed by atoms with van der Waals surface area (Å²) >= 11 is 6.06. The second-order valence-corrected chi connectivity index (χ2v) is 5.92. The molecular formula is C19H13ClN2O. The number of halogens is 1. The molecule has 0 saturated heterocycles. The predicted molar refractivity (Wildman–Crippen MR) is 94.0 cm³/mol. The van der Waals surface area contributed by atoms with Crippen LogP contribution in [0.2, 0.25) is 5.02 Å². The number of aromatic nitrogens is 2. The summed E-state index contributed by atoms with van der Waals surface area (Å²) in [5, 5.41) is 2.51. The summed E-state index contributed by atoms with van der Waals surface area (Å²) < 4.78 is 1.69. The summed E-state index contributed by atoms with van der Waals surface area (Å²) in [6.07, 6.45) is 3.70. The van der Waals surface area contributed by atoms with Gasteiger partial charge in [-0.15, -0.1) is 0 Å². The SMILES string of the molecule is CC(=O)n1cc(-c2ccccc2)c2cnc3cc(Cl)ccc3c21. The third kappa shape index (κ3) is 2.21. The molecule has 0 aliphatic rings. The van der Waals surface area contributed by atoms with E-state index in [-0.39, 0.29) is 5.91 Å². The molecule has 0 unspecified atom stereocenters. The Balaban J connectivity index is 2.15. The smallest absolute Gasteiger partial charge is 0.227 e. The van der Waals surface area contributed by atoms with Crippen LogP contribution in [-0.2, 0) is 0 Å². The summed E-state index contributed by atoms with van der Waals surface area (Å²) in [4.78, 5) is 16.7. The number of carbonyl (C=O) groups excluding carboxylic acids is 1. The van der Waals surface area contributed by atoms with Crippen molar-refractivity contribution in [3.8, 4) is 11.1 Å². The zero-order valence-corrected chi connectivity index (χ0v) is 13.2. The molecule has 2 heterocycles. The predicted octanol–water partition coefficient (Wildman–Crippen LogP) is 5.17. The molecule has 0 radical (unpaired) electrons. The monoisotopic (exact) mass is 320 g/mol. The average Bonchev–Trinajstić information content (AvgIpc) is 2.95. The maximum absolute atomic E-state index is 12.1. The van der Waals surface area contributed by atoms with Gasteiger partial charge in [0.2, 0.25) is 5.91 Å². The molecule has 23 heavy (non-hydrogen) atoms. The van der Waals surface area contributed by atoms with Crippen molar-refractivity contribution in [3.05, 3.63) is 65.9 Å². The Hall–Kier alpha value is -2.65. The third-order valence-corrected chi connectivity index (χ3v) is 4.25. The zero-order chi connectivity index (χ0) is 16.0. The molecule has 0 atom stereocenters. The van der Waals surface area contributed by atoms with Crippen LogP contribution in [0.3, 0.4) is 0 Å². The molecule has 2 aromatic carbocycles. The second-order valence-electron chi connectivity index (χ2n) is 5.48. The Labute approximate surface area is 138 Å². The number of hydrogen-bond donors (Lipinski definition) is 0. The zero-order valence-electron chi connectivity index (χ0n) is 12.5. The number of pyridine rings is 1. The quantitative estimate of drug-likeness (QED) is 0.485. The van der Waals surface area contributed by atoms with E-state index < -0.39 is 0 Å². The number of hydrogen-bond acceptors (Lipinski definition) is 2. The van der Waals surface area contributed by atoms with E-state index in [1.807, 2.05) is 60.9 Å². The van der Waals surface area contributed by atoms with Gasteiger partial charge < -0.3 is 0 Å². The number of benzene rings is 2. The first-order valence-electron chi connectivity index (χ1n) is 7.31. The van der Waals surface area contributed by atoms with Crippen LogP contribution in [0.15, 0.2) is 60.9 Å². The van der Waals surface area contributed by atoms with Crippen LogP contribution >= 0.6 is 11.6 Å². The first-order chi connectivity index (χ1) is 11.1. The molecule has 112 valence electrons. The Bertz CT molecular complexity index is 1050. The van der Waals surface area contributed by atoms with Crippen LogP contribution in [0.25, 0.3) is 32.9 Å². The largest absolute Gasteiger partial charge is 0.286 e. The molecular weight excluding hydrogens is 308 g/mol. The maximum atomic E-state index is 12.1. The molecule has 4 rings (SSSR count). The molecule has 2 aromatic heterocycles. The lowest BCUT2D eigenvalue weighted by Crippen LogP contribution is -2.03. The summed E-state index contributed by atoms with van der Waals surface area (Å²) in [5.74, 6) is -0.0281. The van der Waals surface area contributed by atoms with Gasteiger partial charge >= 0.3 is 0 Å². The highest BCUT2D eigenvalue weighted by molar-refractivity contribution is 6.31. The Morgan fingerprint density at radius 3 is 2.61 bits per heavy atom. The lowest BCUT2D eigenvalue weighted by Gasteiger charge is -2.04. The number of carbonyl (C=O) groups is 1. The standard InChI is InChI=1S/C19H13ClN2O/c1-12(23)22-11-17(13-5-3-2-4-6-13)16-10-21-18-9-14(20)7-8-15(18)19(16)22/h2-11H,1H3. The van der Waals surface area contributed by atoms with E-state index in [1.165, 1.54) is 0 Å². The summed E-state index contributed by atoms with van der Waals surface area (Å²) in [6, 6.07) is 15.6. The van der Waals surface area contributed by atoms with Gasteiger partial charge in [-0.1, -0.05) is 41.9 Å². The van der Waals surface area contributed by atoms with Crippen molar-refractivity contribution in [2.75, 3.05) is 0 Å². The minimum absolute atomic E-state index is 0.0281. The fourth-order valence-corrected chi connectivity index (χ4v) is 3.13. The third-order valence-electron chi connectivity index (χ3n) is 4.02. The Morgan fingerprint density at radius 1 is 1.09 bits per heavy atom. The van der Waals surface area contributed by atoms with Crippen LogP contribution in [-0.4, -0.2) is 15.5 Å². The van der Waals surface area contributed by atoms with E-state index in [2.05, 4.69) is 4.98 Å². The molecule has 0 saturated carbocycles. The van der Waals surface area contributed by atoms with E-state index in [0.29, 0.717) is 5.02 Å². The van der Waals surface area contributed by atoms with Gasteiger partial charge in [0, 0.05) is 40.7 Å². The Morgan fingerprint density at radius 2 is 1.87 bits per heavy atom. The van der Waals surface area contributed by atoms with Crippen LogP contribution in [0, 0.1) is 0 Å². The van der Waals surface area contributed by atoms with Crippen molar-refractivity contribution in [2.45, 2.75) is 6.92 Å². The first kappa shape index (κ1) is 14.0. The minimum Gasteiger partial charge on any atom is -0.286 e. The maximum Gasteiger partial charge on any atom is 0.227 e.